The summed E-state index contributed by atoms with van der Waals surface area (Å²) >= 11 is 0. The summed E-state index contributed by atoms with van der Waals surface area (Å²) in [6, 6.07) is 8.24. The molecule has 6 aliphatic rings. The molecule has 1 aromatic carbocycles. The normalized spacial score (nSPS) is 37.1. The number of rotatable bonds is 7. The first-order valence-corrected chi connectivity index (χ1v) is 23.5. The van der Waals surface area contributed by atoms with E-state index < -0.39 is 11.2 Å². The Morgan fingerprint density at radius 2 is 1.44 bits per heavy atom. The molecule has 1 amide bonds. The predicted octanol–water partition coefficient (Wildman–Crippen LogP) is 11.5. The maximum absolute atomic E-state index is 12.8. The number of amides is 1. The maximum atomic E-state index is 12.8. The van der Waals surface area contributed by atoms with Crippen LogP contribution >= 0.6 is 0 Å². The summed E-state index contributed by atoms with van der Waals surface area (Å²) in [5.74, 6) is 2.98. The van der Waals surface area contributed by atoms with Crippen molar-refractivity contribution in [2.24, 2.45) is 51.2 Å². The molecule has 1 heterocycles. The van der Waals surface area contributed by atoms with Gasteiger partial charge in [0, 0.05) is 44.8 Å². The Kier molecular flexibility index (Phi) is 11.5. The second-order valence-electron chi connectivity index (χ2n) is 23.6. The third-order valence-corrected chi connectivity index (χ3v) is 18.0. The summed E-state index contributed by atoms with van der Waals surface area (Å²) < 4.78 is 11.4. The summed E-state index contributed by atoms with van der Waals surface area (Å²) in [4.78, 5) is 32.9. The minimum atomic E-state index is -0.509. The largest absolute Gasteiger partial charge is 0.456 e. The maximum Gasteiger partial charge on any atom is 0.410 e. The fourth-order valence-electron chi connectivity index (χ4n) is 15.0. The van der Waals surface area contributed by atoms with E-state index in [9.17, 15) is 9.59 Å². The van der Waals surface area contributed by atoms with Crippen molar-refractivity contribution in [1.29, 1.82) is 0 Å². The fourth-order valence-corrected chi connectivity index (χ4v) is 15.0. The second-order valence-corrected chi connectivity index (χ2v) is 23.6. The average Bonchev–Trinajstić information content (AvgIpc) is 3.54. The van der Waals surface area contributed by atoms with E-state index >= 15 is 0 Å². The van der Waals surface area contributed by atoms with Crippen LogP contribution < -0.4 is 0 Å². The first-order chi connectivity index (χ1) is 27.4. The molecule has 0 spiro atoms. The number of esters is 1. The number of fused-ring (bicyclic) bond motifs is 7. The Hall–Kier alpha value is -2.64. The van der Waals surface area contributed by atoms with E-state index in [1.54, 1.807) is 0 Å². The third-order valence-electron chi connectivity index (χ3n) is 18.0. The van der Waals surface area contributed by atoms with Gasteiger partial charge in [0.05, 0.1) is 5.56 Å². The van der Waals surface area contributed by atoms with E-state index in [1.165, 1.54) is 68.1 Å². The summed E-state index contributed by atoms with van der Waals surface area (Å²) in [5, 5.41) is 0. The molecule has 5 fully saturated rings. The number of carbonyl (C=O) groups is 2. The molecule has 7 nitrogen and oxygen atoms in total. The fraction of sp³-hybridized carbons (Fsp3) is 0.769. The minimum absolute atomic E-state index is 0.0306. The summed E-state index contributed by atoms with van der Waals surface area (Å²) in [6.45, 7) is 37.2. The highest BCUT2D eigenvalue weighted by molar-refractivity contribution is 5.90. The first-order valence-electron chi connectivity index (χ1n) is 23.5. The molecule has 1 saturated heterocycles. The number of ether oxygens (including phenoxy) is 2. The summed E-state index contributed by atoms with van der Waals surface area (Å²) in [5.41, 5.74) is 4.83. The van der Waals surface area contributed by atoms with Gasteiger partial charge in [-0.25, -0.2) is 9.59 Å². The zero-order valence-corrected chi connectivity index (χ0v) is 39.6. The average molecular weight is 812 g/mol. The van der Waals surface area contributed by atoms with E-state index in [1.807, 2.05) is 58.6 Å². The van der Waals surface area contributed by atoms with Crippen molar-refractivity contribution in [3.8, 4) is 0 Å². The molecule has 1 aromatic rings. The van der Waals surface area contributed by atoms with Crippen molar-refractivity contribution in [3.63, 3.8) is 0 Å². The van der Waals surface area contributed by atoms with Gasteiger partial charge in [-0.1, -0.05) is 65.0 Å². The Morgan fingerprint density at radius 1 is 0.797 bits per heavy atom. The van der Waals surface area contributed by atoms with Crippen LogP contribution in [0.25, 0.3) is 5.57 Å². The first kappa shape index (κ1) is 44.4. The lowest BCUT2D eigenvalue weighted by molar-refractivity contribution is -0.226. The number of hydrogen-bond donors (Lipinski definition) is 0. The molecule has 7 heteroatoms. The Labute approximate surface area is 359 Å². The van der Waals surface area contributed by atoms with E-state index in [0.29, 0.717) is 46.0 Å². The lowest BCUT2D eigenvalue weighted by atomic mass is 9.33. The smallest absolute Gasteiger partial charge is 0.410 e. The monoisotopic (exact) mass is 812 g/mol. The second kappa shape index (κ2) is 15.3. The summed E-state index contributed by atoms with van der Waals surface area (Å²) in [7, 11) is 2.45. The van der Waals surface area contributed by atoms with Crippen LogP contribution in [0.3, 0.4) is 0 Å². The van der Waals surface area contributed by atoms with Gasteiger partial charge in [0.25, 0.3) is 0 Å². The van der Waals surface area contributed by atoms with Crippen molar-refractivity contribution in [2.75, 3.05) is 46.3 Å². The number of piperazine rings is 1. The van der Waals surface area contributed by atoms with Gasteiger partial charge in [0.2, 0.25) is 0 Å². The van der Waals surface area contributed by atoms with Crippen LogP contribution in [0.1, 0.15) is 157 Å². The van der Waals surface area contributed by atoms with Gasteiger partial charge in [-0.2, -0.15) is 0 Å². The molecule has 0 radical (unpaired) electrons. The number of hydrogen-bond acceptors (Lipinski definition) is 6. The Balaban J connectivity index is 1.08. The Morgan fingerprint density at radius 3 is 2.05 bits per heavy atom. The molecular weight excluding hydrogens is 731 g/mol. The number of likely N-dealkylation sites (N-methyl/N-ethyl adjacent to an activating group) is 1. The van der Waals surface area contributed by atoms with Crippen molar-refractivity contribution in [3.05, 3.63) is 53.6 Å². The van der Waals surface area contributed by atoms with Crippen LogP contribution in [-0.2, 0) is 9.47 Å². The topological polar surface area (TPSA) is 62.3 Å². The highest BCUT2D eigenvalue weighted by atomic mass is 16.6. The van der Waals surface area contributed by atoms with E-state index in [2.05, 4.69) is 83.2 Å². The van der Waals surface area contributed by atoms with E-state index in [4.69, 9.17) is 9.47 Å². The lowest BCUT2D eigenvalue weighted by Gasteiger charge is -2.73. The molecule has 1 aliphatic heterocycles. The molecule has 9 atom stereocenters. The van der Waals surface area contributed by atoms with Crippen molar-refractivity contribution < 1.29 is 19.1 Å². The van der Waals surface area contributed by atoms with Crippen molar-refractivity contribution in [2.45, 2.75) is 158 Å². The predicted molar refractivity (Wildman–Crippen MR) is 241 cm³/mol. The highest BCUT2D eigenvalue weighted by Crippen LogP contribution is 2.77. The highest BCUT2D eigenvalue weighted by Gasteiger charge is 2.71. The molecule has 0 aromatic heterocycles. The van der Waals surface area contributed by atoms with E-state index in [-0.39, 0.29) is 28.4 Å². The number of benzene rings is 1. The van der Waals surface area contributed by atoms with Gasteiger partial charge < -0.3 is 14.4 Å². The molecule has 0 unspecified atom stereocenters. The number of carbonyl (C=O) groups excluding carboxylic acids is 2. The lowest BCUT2D eigenvalue weighted by Crippen LogP contribution is -2.68. The molecule has 7 rings (SSSR count). The van der Waals surface area contributed by atoms with Crippen LogP contribution in [0, 0.1) is 51.2 Å². The number of nitrogens with zero attached hydrogens (tertiary/aromatic N) is 3. The SMILES string of the molecule is C=C(C)[C@@H]1CC[C@]2(N(C)CCN3CCN(C(=O)OC(C)(C)C)CC3)CC[C@]3(C)[C@H](CC[C@@H]4[C@@]5(C)CC=C(c6ccc(C(=O)OC(C)(C)C)cc6)C(C)(C)[C@@H]5CC[C@]43C)[C@@H]12. The van der Waals surface area contributed by atoms with Crippen LogP contribution in [0.5, 0.6) is 0 Å². The van der Waals surface area contributed by atoms with Crippen LogP contribution in [0.4, 0.5) is 4.79 Å². The van der Waals surface area contributed by atoms with Crippen LogP contribution in [0.2, 0.25) is 0 Å². The van der Waals surface area contributed by atoms with Crippen LogP contribution in [-0.4, -0.2) is 89.8 Å². The Bertz CT molecular complexity index is 1790. The van der Waals surface area contributed by atoms with Gasteiger partial charge in [-0.3, -0.25) is 9.80 Å². The van der Waals surface area contributed by atoms with E-state index in [0.717, 1.165) is 45.7 Å². The molecule has 5 aliphatic carbocycles. The van der Waals surface area contributed by atoms with Gasteiger partial charge in [0.15, 0.2) is 0 Å². The van der Waals surface area contributed by atoms with Crippen molar-refractivity contribution >= 4 is 17.6 Å². The molecule has 0 N–H and O–H groups in total. The van der Waals surface area contributed by atoms with Gasteiger partial charge in [-0.15, -0.1) is 0 Å². The molecular formula is C52H81N3O4. The minimum Gasteiger partial charge on any atom is -0.456 e. The number of allylic oxidation sites excluding steroid dienone is 3. The zero-order valence-electron chi connectivity index (χ0n) is 39.6. The standard InChI is InChI=1S/C52H81N3O4/c1-35(2)38-21-26-52(53(14)29-30-54-31-33-55(34-32-54)45(57)59-47(6,7)8)28-27-50(12)40(43(38)52)19-20-42-49(11)24-22-39(48(9,10)41(49)23-25-51(42,50)13)36-15-17-37(18-16-36)44(56)58-46(3,4)5/h15-18,22,38,40-43H,1,19-21,23-34H2,2-14H3/t38-,40+,41-,42+,43+,49-,50+,51+,52-/m0/s1. The molecule has 59 heavy (non-hydrogen) atoms. The molecule has 328 valence electrons. The van der Waals surface area contributed by atoms with Gasteiger partial charge >= 0.3 is 12.1 Å². The van der Waals surface area contributed by atoms with Gasteiger partial charge in [-0.05, 0) is 188 Å². The summed E-state index contributed by atoms with van der Waals surface area (Å²) in [6.07, 6.45) is 13.9. The van der Waals surface area contributed by atoms with Gasteiger partial charge in [0.1, 0.15) is 11.2 Å². The van der Waals surface area contributed by atoms with Crippen molar-refractivity contribution in [1.82, 2.24) is 14.7 Å². The zero-order chi connectivity index (χ0) is 43.1. The molecule has 0 bridgehead atoms. The molecule has 4 saturated carbocycles. The third kappa shape index (κ3) is 7.67. The quantitative estimate of drug-likeness (QED) is 0.202. The van der Waals surface area contributed by atoms with Crippen LogP contribution in [0.15, 0.2) is 42.5 Å².